The Hall–Kier alpha value is -4.45. The molecule has 0 heterocycles. The largest absolute Gasteiger partial charge is 0.493 e. The first-order chi connectivity index (χ1) is 18.6. The lowest BCUT2D eigenvalue weighted by molar-refractivity contribution is -0.129. The van der Waals surface area contributed by atoms with Crippen LogP contribution in [0.4, 0.5) is 0 Å². The van der Waals surface area contributed by atoms with Crippen molar-refractivity contribution in [3.63, 3.8) is 0 Å². The summed E-state index contributed by atoms with van der Waals surface area (Å²) in [5.41, 5.74) is 3.96. The van der Waals surface area contributed by atoms with Gasteiger partial charge in [-0.05, 0) is 46.5 Å². The summed E-state index contributed by atoms with van der Waals surface area (Å²) in [6.07, 6.45) is 0.251. The maximum absolute atomic E-state index is 13.0. The zero-order chi connectivity index (χ0) is 26.7. The molecule has 0 spiro atoms. The summed E-state index contributed by atoms with van der Waals surface area (Å²) in [6, 6.07) is 31.3. The third-order valence-electron chi connectivity index (χ3n) is 6.13. The molecule has 0 saturated heterocycles. The normalized spacial score (nSPS) is 10.5. The fourth-order valence-electron chi connectivity index (χ4n) is 4.01. The molecule has 0 aliphatic heterocycles. The van der Waals surface area contributed by atoms with Crippen molar-refractivity contribution in [2.45, 2.75) is 26.2 Å². The second kappa shape index (κ2) is 13.2. The Morgan fingerprint density at radius 3 is 1.58 bits per heavy atom. The van der Waals surface area contributed by atoms with Gasteiger partial charge in [0.25, 0.3) is 0 Å². The van der Waals surface area contributed by atoms with Gasteiger partial charge in [0, 0.05) is 13.6 Å². The van der Waals surface area contributed by atoms with Gasteiger partial charge in [-0.25, -0.2) is 0 Å². The molecule has 0 aliphatic carbocycles. The number of hydrogen-bond donors (Lipinski definition) is 0. The minimum Gasteiger partial charge on any atom is -0.493 e. The molecule has 0 atom stereocenters. The highest BCUT2D eigenvalue weighted by atomic mass is 16.5. The zero-order valence-electron chi connectivity index (χ0n) is 22.1. The van der Waals surface area contributed by atoms with E-state index in [2.05, 4.69) is 0 Å². The van der Waals surface area contributed by atoms with Crippen LogP contribution in [0, 0.1) is 0 Å². The summed E-state index contributed by atoms with van der Waals surface area (Å²) in [4.78, 5) is 14.7. The van der Waals surface area contributed by atoms with Gasteiger partial charge in [0.2, 0.25) is 5.91 Å². The number of methoxy groups -OCH3 is 2. The van der Waals surface area contributed by atoms with E-state index in [1.807, 2.05) is 97.1 Å². The second-order valence-electron chi connectivity index (χ2n) is 8.95. The third kappa shape index (κ3) is 7.29. The fraction of sp³-hybridized carbons (Fsp3) is 0.219. The van der Waals surface area contributed by atoms with Crippen LogP contribution in [0.15, 0.2) is 97.1 Å². The van der Waals surface area contributed by atoms with Gasteiger partial charge in [-0.15, -0.1) is 0 Å². The predicted octanol–water partition coefficient (Wildman–Crippen LogP) is 6.06. The highest BCUT2D eigenvalue weighted by Gasteiger charge is 2.15. The third-order valence-corrected chi connectivity index (χ3v) is 6.13. The summed E-state index contributed by atoms with van der Waals surface area (Å²) >= 11 is 0. The molecule has 0 fully saturated rings. The smallest absolute Gasteiger partial charge is 0.227 e. The van der Waals surface area contributed by atoms with Crippen molar-refractivity contribution in [2.75, 3.05) is 21.3 Å². The number of carbonyl (C=O) groups is 1. The molecule has 38 heavy (non-hydrogen) atoms. The molecule has 6 nitrogen and oxygen atoms in total. The lowest BCUT2D eigenvalue weighted by atomic mass is 10.1. The van der Waals surface area contributed by atoms with Crippen LogP contribution in [-0.4, -0.2) is 32.1 Å². The van der Waals surface area contributed by atoms with Gasteiger partial charge in [0.1, 0.15) is 13.2 Å². The molecule has 0 saturated carbocycles. The minimum atomic E-state index is -0.00613. The maximum Gasteiger partial charge on any atom is 0.227 e. The predicted molar refractivity (Wildman–Crippen MR) is 148 cm³/mol. The van der Waals surface area contributed by atoms with E-state index in [9.17, 15) is 4.79 Å². The number of hydrogen-bond acceptors (Lipinski definition) is 5. The summed E-state index contributed by atoms with van der Waals surface area (Å²) in [5.74, 6) is 2.53. The van der Waals surface area contributed by atoms with Crippen LogP contribution in [0.25, 0.3) is 0 Å². The van der Waals surface area contributed by atoms with Crippen molar-refractivity contribution < 1.29 is 23.7 Å². The molecule has 0 radical (unpaired) electrons. The van der Waals surface area contributed by atoms with E-state index >= 15 is 0 Å². The number of nitrogens with zero attached hydrogens (tertiary/aromatic N) is 1. The Balaban J connectivity index is 1.34. The molecular weight excluding hydrogens is 478 g/mol. The highest BCUT2D eigenvalue weighted by molar-refractivity contribution is 5.78. The van der Waals surface area contributed by atoms with Crippen molar-refractivity contribution in [1.82, 2.24) is 4.90 Å². The standard InChI is InChI=1S/C32H33NO5/c1-33(21-27-15-17-29(31(19-27)36-3)38-23-25-12-8-5-9-13-25)32(34)20-26-14-16-28(30(18-26)35-2)37-22-24-10-6-4-7-11-24/h4-19H,20-23H2,1-3H3. The molecule has 0 unspecified atom stereocenters. The summed E-state index contributed by atoms with van der Waals surface area (Å²) in [6.45, 7) is 1.34. The average Bonchev–Trinajstić information content (AvgIpc) is 2.96. The lowest BCUT2D eigenvalue weighted by Gasteiger charge is -2.19. The molecule has 6 heteroatoms. The van der Waals surface area contributed by atoms with E-state index in [1.54, 1.807) is 26.2 Å². The Morgan fingerprint density at radius 2 is 1.08 bits per heavy atom. The Bertz CT molecular complexity index is 1320. The van der Waals surface area contributed by atoms with E-state index in [4.69, 9.17) is 18.9 Å². The highest BCUT2D eigenvalue weighted by Crippen LogP contribution is 2.31. The molecule has 0 aliphatic rings. The van der Waals surface area contributed by atoms with Gasteiger partial charge in [0.05, 0.1) is 20.6 Å². The minimum absolute atomic E-state index is 0.00613. The maximum atomic E-state index is 13.0. The van der Waals surface area contributed by atoms with E-state index in [1.165, 1.54) is 0 Å². The van der Waals surface area contributed by atoms with Crippen LogP contribution < -0.4 is 18.9 Å². The monoisotopic (exact) mass is 511 g/mol. The van der Waals surface area contributed by atoms with E-state index in [0.29, 0.717) is 42.8 Å². The average molecular weight is 512 g/mol. The molecular formula is C32H33NO5. The van der Waals surface area contributed by atoms with Crippen molar-refractivity contribution in [3.8, 4) is 23.0 Å². The summed E-state index contributed by atoms with van der Waals surface area (Å²) < 4.78 is 22.9. The van der Waals surface area contributed by atoms with Gasteiger partial charge in [0.15, 0.2) is 23.0 Å². The fourth-order valence-corrected chi connectivity index (χ4v) is 4.01. The van der Waals surface area contributed by atoms with Crippen LogP contribution in [0.2, 0.25) is 0 Å². The van der Waals surface area contributed by atoms with Crippen molar-refractivity contribution in [3.05, 3.63) is 119 Å². The van der Waals surface area contributed by atoms with Gasteiger partial charge in [-0.1, -0.05) is 72.8 Å². The first-order valence-corrected chi connectivity index (χ1v) is 12.5. The second-order valence-corrected chi connectivity index (χ2v) is 8.95. The van der Waals surface area contributed by atoms with Gasteiger partial charge in [-0.3, -0.25) is 4.79 Å². The molecule has 0 N–H and O–H groups in total. The molecule has 0 bridgehead atoms. The molecule has 0 aromatic heterocycles. The Labute approximate surface area is 224 Å². The first-order valence-electron chi connectivity index (χ1n) is 12.5. The van der Waals surface area contributed by atoms with Gasteiger partial charge >= 0.3 is 0 Å². The van der Waals surface area contributed by atoms with Crippen molar-refractivity contribution >= 4 is 5.91 Å². The Kier molecular flexibility index (Phi) is 9.24. The molecule has 4 rings (SSSR count). The number of ether oxygens (including phenoxy) is 4. The quantitative estimate of drug-likeness (QED) is 0.231. The van der Waals surface area contributed by atoms with Crippen LogP contribution in [0.1, 0.15) is 22.3 Å². The molecule has 196 valence electrons. The molecule has 4 aromatic carbocycles. The van der Waals surface area contributed by atoms with Gasteiger partial charge in [-0.2, -0.15) is 0 Å². The SMILES string of the molecule is COc1cc(CC(=O)N(C)Cc2ccc(OCc3ccccc3)c(OC)c2)ccc1OCc1ccccc1. The number of benzene rings is 4. The van der Waals surface area contributed by atoms with E-state index < -0.39 is 0 Å². The van der Waals surface area contributed by atoms with E-state index in [0.717, 1.165) is 22.3 Å². The summed E-state index contributed by atoms with van der Waals surface area (Å²) in [7, 11) is 5.01. The molecule has 4 aromatic rings. The van der Waals surface area contributed by atoms with E-state index in [-0.39, 0.29) is 12.3 Å². The van der Waals surface area contributed by atoms with Crippen LogP contribution in [0.5, 0.6) is 23.0 Å². The topological polar surface area (TPSA) is 57.2 Å². The lowest BCUT2D eigenvalue weighted by Crippen LogP contribution is -2.27. The van der Waals surface area contributed by atoms with Crippen LogP contribution in [-0.2, 0) is 31.0 Å². The first kappa shape index (κ1) is 26.6. The summed E-state index contributed by atoms with van der Waals surface area (Å²) in [5, 5.41) is 0. The Morgan fingerprint density at radius 1 is 0.605 bits per heavy atom. The van der Waals surface area contributed by atoms with Crippen LogP contribution in [0.3, 0.4) is 0 Å². The van der Waals surface area contributed by atoms with Crippen LogP contribution >= 0.6 is 0 Å². The van der Waals surface area contributed by atoms with Gasteiger partial charge < -0.3 is 23.8 Å². The van der Waals surface area contributed by atoms with Crippen molar-refractivity contribution in [2.24, 2.45) is 0 Å². The zero-order valence-corrected chi connectivity index (χ0v) is 22.1. The number of rotatable bonds is 12. The number of carbonyl (C=O) groups excluding carboxylic acids is 1. The van der Waals surface area contributed by atoms with Crippen molar-refractivity contribution in [1.29, 1.82) is 0 Å². The number of likely N-dealkylation sites (N-methyl/N-ethyl adjacent to an activating group) is 1. The number of amides is 1. The molecule has 1 amide bonds.